The first-order valence-electron chi connectivity index (χ1n) is 18.8. The third kappa shape index (κ3) is 4.53. The Morgan fingerprint density at radius 1 is 0.509 bits per heavy atom. The van der Waals surface area contributed by atoms with Crippen LogP contribution in [-0.2, 0) is 0 Å². The van der Waals surface area contributed by atoms with Gasteiger partial charge in [0.25, 0.3) is 0 Å². The second kappa shape index (κ2) is 11.6. The smallest absolute Gasteiger partial charge is 0.231 e. The van der Waals surface area contributed by atoms with E-state index in [0.717, 1.165) is 51.5 Å². The van der Waals surface area contributed by atoms with Gasteiger partial charge in [-0.05, 0) is 95.4 Å². The maximum atomic E-state index is 6.32. The lowest BCUT2D eigenvalue weighted by Crippen LogP contribution is -2.33. The van der Waals surface area contributed by atoms with Crippen molar-refractivity contribution in [3.8, 4) is 33.7 Å². The molecular weight excluding hydrogens is 673 g/mol. The van der Waals surface area contributed by atoms with Gasteiger partial charge in [0.2, 0.25) is 5.96 Å². The van der Waals surface area contributed by atoms with Gasteiger partial charge in [0, 0.05) is 38.4 Å². The summed E-state index contributed by atoms with van der Waals surface area (Å²) in [6.07, 6.45) is 5.04. The van der Waals surface area contributed by atoms with E-state index in [1.165, 1.54) is 54.8 Å². The van der Waals surface area contributed by atoms with Crippen LogP contribution in [0.5, 0.6) is 5.75 Å². The molecule has 0 saturated carbocycles. The summed E-state index contributed by atoms with van der Waals surface area (Å²) in [6.45, 7) is 0. The summed E-state index contributed by atoms with van der Waals surface area (Å²) in [5, 5.41) is 4.82. The van der Waals surface area contributed by atoms with Crippen LogP contribution in [0.3, 0.4) is 0 Å². The summed E-state index contributed by atoms with van der Waals surface area (Å²) in [5.41, 5.74) is 13.5. The summed E-state index contributed by atoms with van der Waals surface area (Å²) >= 11 is 0. The number of allylic oxidation sites excluding steroid dienone is 1. The number of para-hydroxylation sites is 3. The van der Waals surface area contributed by atoms with Crippen molar-refractivity contribution >= 4 is 55.3 Å². The van der Waals surface area contributed by atoms with Gasteiger partial charge in [-0.1, -0.05) is 109 Å². The molecule has 0 bridgehead atoms. The van der Waals surface area contributed by atoms with Gasteiger partial charge in [-0.15, -0.1) is 0 Å². The summed E-state index contributed by atoms with van der Waals surface area (Å²) in [7, 11) is 0. The standard InChI is InChI=1S/C50H32N4O/c1-2-12-31(13-3-1)32-14-10-15-35(28-32)53-42-20-7-4-16-36(42)39-29-33(24-26-44(39)53)34-25-27-45-40(30-34)37-17-5-8-21-43(37)54(45)50-51-41-19-11-23-47-48(41)49(52-50)38-18-6-9-22-46(38)55-47/h1-18,20-30,41H,19H2. The first-order chi connectivity index (χ1) is 27.3. The molecule has 2 aromatic heterocycles. The number of nitrogens with zero attached hydrogens (tertiary/aromatic N) is 4. The highest BCUT2D eigenvalue weighted by Crippen LogP contribution is 2.41. The molecule has 0 fully saturated rings. The van der Waals surface area contributed by atoms with E-state index in [0.29, 0.717) is 5.96 Å². The molecule has 0 saturated heterocycles. The molecule has 3 aliphatic rings. The number of fused-ring (bicyclic) bond motifs is 8. The Morgan fingerprint density at radius 2 is 1.13 bits per heavy atom. The molecule has 0 spiro atoms. The molecule has 0 N–H and O–H groups in total. The fourth-order valence-electron chi connectivity index (χ4n) is 8.92. The van der Waals surface area contributed by atoms with Crippen molar-refractivity contribution in [1.29, 1.82) is 0 Å². The molecule has 258 valence electrons. The van der Waals surface area contributed by atoms with Gasteiger partial charge in [0.15, 0.2) is 0 Å². The molecule has 1 atom stereocenters. The van der Waals surface area contributed by atoms with Crippen LogP contribution in [0.15, 0.2) is 197 Å². The van der Waals surface area contributed by atoms with Gasteiger partial charge in [-0.3, -0.25) is 4.57 Å². The average Bonchev–Trinajstić information content (AvgIpc) is 3.76. The molecule has 7 aromatic carbocycles. The molecule has 5 heteroatoms. The van der Waals surface area contributed by atoms with E-state index in [1.54, 1.807) is 0 Å². The van der Waals surface area contributed by atoms with Crippen LogP contribution >= 0.6 is 0 Å². The molecule has 1 unspecified atom stereocenters. The molecule has 4 heterocycles. The minimum atomic E-state index is -0.0546. The van der Waals surface area contributed by atoms with Crippen molar-refractivity contribution in [2.75, 3.05) is 0 Å². The Bertz CT molecular complexity index is 3210. The highest BCUT2D eigenvalue weighted by Gasteiger charge is 2.35. The van der Waals surface area contributed by atoms with Gasteiger partial charge in [-0.25, -0.2) is 9.98 Å². The highest BCUT2D eigenvalue weighted by molar-refractivity contribution is 6.24. The van der Waals surface area contributed by atoms with Crippen LogP contribution < -0.4 is 4.74 Å². The fourth-order valence-corrected chi connectivity index (χ4v) is 8.92. The minimum absolute atomic E-state index is 0.0546. The first-order valence-corrected chi connectivity index (χ1v) is 18.8. The summed E-state index contributed by atoms with van der Waals surface area (Å²) in [5.74, 6) is 2.39. The number of hydrogen-bond acceptors (Lipinski definition) is 3. The number of aliphatic imine (C=N–C) groups is 2. The van der Waals surface area contributed by atoms with E-state index in [1.807, 2.05) is 12.1 Å². The Balaban J connectivity index is 1.01. The van der Waals surface area contributed by atoms with Gasteiger partial charge in [0.1, 0.15) is 11.5 Å². The molecule has 1 aliphatic carbocycles. The third-order valence-electron chi connectivity index (χ3n) is 11.4. The largest absolute Gasteiger partial charge is 0.456 e. The fraction of sp³-hybridized carbons (Fsp3) is 0.0400. The molecule has 9 aromatic rings. The number of hydrogen-bond donors (Lipinski definition) is 0. The van der Waals surface area contributed by atoms with Crippen molar-refractivity contribution < 1.29 is 4.74 Å². The van der Waals surface area contributed by atoms with Gasteiger partial charge < -0.3 is 9.30 Å². The molecule has 5 nitrogen and oxygen atoms in total. The van der Waals surface area contributed by atoms with Gasteiger partial charge >= 0.3 is 0 Å². The lowest BCUT2D eigenvalue weighted by molar-refractivity contribution is 0.425. The van der Waals surface area contributed by atoms with Gasteiger partial charge in [-0.2, -0.15) is 0 Å². The zero-order valence-electron chi connectivity index (χ0n) is 29.7. The Kier molecular flexibility index (Phi) is 6.39. The minimum Gasteiger partial charge on any atom is -0.456 e. The number of benzene rings is 7. The molecule has 12 rings (SSSR count). The SMILES string of the molecule is C1=CC2=C3C(=NC(n4c5ccccc5c5cc(-c6ccc7c(c6)c6ccccc6n7-c6cccc(-c7ccccc7)c6)ccc54)=NC3C1)c1ccccc1O2. The van der Waals surface area contributed by atoms with Crippen molar-refractivity contribution in [3.05, 3.63) is 193 Å². The second-order valence-electron chi connectivity index (χ2n) is 14.5. The first kappa shape index (κ1) is 30.2. The van der Waals surface area contributed by atoms with Crippen LogP contribution in [0, 0.1) is 0 Å². The molecular formula is C50H32N4O. The second-order valence-corrected chi connectivity index (χ2v) is 14.5. The van der Waals surface area contributed by atoms with Crippen LogP contribution in [-0.4, -0.2) is 26.8 Å². The lowest BCUT2D eigenvalue weighted by atomic mass is 9.87. The summed E-state index contributed by atoms with van der Waals surface area (Å²) in [6, 6.07) is 58.7. The van der Waals surface area contributed by atoms with Crippen LogP contribution in [0.4, 0.5) is 0 Å². The van der Waals surface area contributed by atoms with Gasteiger partial charge in [0.05, 0.1) is 33.8 Å². The van der Waals surface area contributed by atoms with Crippen molar-refractivity contribution in [3.63, 3.8) is 0 Å². The number of aromatic nitrogens is 2. The van der Waals surface area contributed by atoms with E-state index in [-0.39, 0.29) is 6.04 Å². The lowest BCUT2D eigenvalue weighted by Gasteiger charge is -2.32. The van der Waals surface area contributed by atoms with Crippen LogP contribution in [0.2, 0.25) is 0 Å². The maximum Gasteiger partial charge on any atom is 0.231 e. The van der Waals surface area contributed by atoms with Crippen LogP contribution in [0.1, 0.15) is 12.0 Å². The van der Waals surface area contributed by atoms with E-state index in [9.17, 15) is 0 Å². The Hall–Kier alpha value is -7.24. The van der Waals surface area contributed by atoms with Crippen molar-refractivity contribution in [2.45, 2.75) is 12.5 Å². The zero-order valence-corrected chi connectivity index (χ0v) is 29.7. The Morgan fingerprint density at radius 3 is 1.91 bits per heavy atom. The summed E-state index contributed by atoms with van der Waals surface area (Å²) < 4.78 is 11.0. The Labute approximate surface area is 317 Å². The number of rotatable bonds is 3. The quantitative estimate of drug-likeness (QED) is 0.181. The number of ether oxygens (including phenoxy) is 1. The van der Waals surface area contributed by atoms with Crippen molar-refractivity contribution in [1.82, 2.24) is 9.13 Å². The van der Waals surface area contributed by atoms with E-state index in [2.05, 4.69) is 173 Å². The van der Waals surface area contributed by atoms with E-state index >= 15 is 0 Å². The van der Waals surface area contributed by atoms with Crippen molar-refractivity contribution in [2.24, 2.45) is 9.98 Å². The van der Waals surface area contributed by atoms with E-state index in [4.69, 9.17) is 14.7 Å². The molecule has 2 aliphatic heterocycles. The monoisotopic (exact) mass is 704 g/mol. The van der Waals surface area contributed by atoms with E-state index < -0.39 is 0 Å². The molecule has 0 amide bonds. The normalized spacial score (nSPS) is 16.0. The average molecular weight is 705 g/mol. The maximum absolute atomic E-state index is 6.32. The predicted octanol–water partition coefficient (Wildman–Crippen LogP) is 11.9. The molecule has 0 radical (unpaired) electrons. The highest BCUT2D eigenvalue weighted by atomic mass is 16.5. The zero-order chi connectivity index (χ0) is 36.0. The summed E-state index contributed by atoms with van der Waals surface area (Å²) in [4.78, 5) is 10.6. The predicted molar refractivity (Wildman–Crippen MR) is 226 cm³/mol. The topological polar surface area (TPSA) is 43.8 Å². The van der Waals surface area contributed by atoms with Crippen LogP contribution in [0.25, 0.3) is 71.6 Å². The third-order valence-corrected chi connectivity index (χ3v) is 11.4. The molecule has 55 heavy (non-hydrogen) atoms.